The van der Waals surface area contributed by atoms with Crippen molar-refractivity contribution in [3.63, 3.8) is 0 Å². The predicted octanol–water partition coefficient (Wildman–Crippen LogP) is 1.52. The van der Waals surface area contributed by atoms with Gasteiger partial charge in [0.2, 0.25) is 0 Å². The standard InChI is InChI=1S/C14H18N2O4/c1-2-12(17)19-8-3-4-9-20-14(18)13-10(15)6-5-7-11(13)16/h2,5-7H,1,3-4,8-9,15-16H2. The number of ether oxygens (including phenoxy) is 2. The van der Waals surface area contributed by atoms with Crippen LogP contribution >= 0.6 is 0 Å². The lowest BCUT2D eigenvalue weighted by Crippen LogP contribution is -2.12. The molecule has 0 atom stereocenters. The quantitative estimate of drug-likeness (QED) is 0.339. The molecule has 6 nitrogen and oxygen atoms in total. The molecular formula is C14H18N2O4. The molecule has 0 spiro atoms. The largest absolute Gasteiger partial charge is 0.463 e. The van der Waals surface area contributed by atoms with E-state index in [1.54, 1.807) is 18.2 Å². The zero-order valence-electron chi connectivity index (χ0n) is 11.1. The van der Waals surface area contributed by atoms with Crippen LogP contribution in [0.4, 0.5) is 11.4 Å². The number of unbranched alkanes of at least 4 members (excludes halogenated alkanes) is 1. The van der Waals surface area contributed by atoms with Gasteiger partial charge in [-0.2, -0.15) is 0 Å². The van der Waals surface area contributed by atoms with E-state index in [1.807, 2.05) is 0 Å². The molecule has 0 heterocycles. The minimum absolute atomic E-state index is 0.186. The molecule has 108 valence electrons. The Balaban J connectivity index is 2.30. The highest BCUT2D eigenvalue weighted by molar-refractivity contribution is 6.00. The van der Waals surface area contributed by atoms with Crippen LogP contribution in [0.25, 0.3) is 0 Å². The minimum atomic E-state index is -0.552. The van der Waals surface area contributed by atoms with Crippen LogP contribution in [0.15, 0.2) is 30.9 Å². The van der Waals surface area contributed by atoms with Crippen molar-refractivity contribution in [2.75, 3.05) is 24.7 Å². The van der Waals surface area contributed by atoms with Crippen LogP contribution in [0, 0.1) is 0 Å². The first-order chi connectivity index (χ1) is 9.56. The van der Waals surface area contributed by atoms with Crippen LogP contribution in [0.1, 0.15) is 23.2 Å². The topological polar surface area (TPSA) is 105 Å². The van der Waals surface area contributed by atoms with E-state index in [-0.39, 0.29) is 30.2 Å². The van der Waals surface area contributed by atoms with Gasteiger partial charge in [0.15, 0.2) is 0 Å². The molecule has 0 bridgehead atoms. The van der Waals surface area contributed by atoms with Crippen LogP contribution in [0.3, 0.4) is 0 Å². The van der Waals surface area contributed by atoms with Crippen LogP contribution < -0.4 is 11.5 Å². The number of rotatable bonds is 7. The monoisotopic (exact) mass is 278 g/mol. The van der Waals surface area contributed by atoms with Gasteiger partial charge in [0.1, 0.15) is 5.56 Å². The third-order valence-corrected chi connectivity index (χ3v) is 2.52. The van der Waals surface area contributed by atoms with Crippen molar-refractivity contribution in [2.45, 2.75) is 12.8 Å². The molecule has 0 amide bonds. The molecule has 0 aromatic heterocycles. The molecule has 1 rings (SSSR count). The Kier molecular flexibility index (Phi) is 6.09. The Hall–Kier alpha value is -2.50. The Morgan fingerprint density at radius 1 is 1.10 bits per heavy atom. The zero-order valence-corrected chi connectivity index (χ0v) is 11.1. The van der Waals surface area contributed by atoms with E-state index >= 15 is 0 Å². The highest BCUT2D eigenvalue weighted by Crippen LogP contribution is 2.20. The summed E-state index contributed by atoms with van der Waals surface area (Å²) in [5, 5.41) is 0. The molecule has 0 saturated heterocycles. The summed E-state index contributed by atoms with van der Waals surface area (Å²) in [4.78, 5) is 22.6. The molecule has 0 saturated carbocycles. The average molecular weight is 278 g/mol. The maximum Gasteiger partial charge on any atom is 0.342 e. The Morgan fingerprint density at radius 3 is 2.20 bits per heavy atom. The van der Waals surface area contributed by atoms with E-state index in [0.717, 1.165) is 6.08 Å². The molecular weight excluding hydrogens is 260 g/mol. The van der Waals surface area contributed by atoms with Gasteiger partial charge in [-0.3, -0.25) is 0 Å². The molecule has 0 aliphatic heterocycles. The van der Waals surface area contributed by atoms with Crippen molar-refractivity contribution in [1.82, 2.24) is 0 Å². The van der Waals surface area contributed by atoms with E-state index in [0.29, 0.717) is 12.8 Å². The molecule has 0 aliphatic rings. The molecule has 1 aromatic rings. The molecule has 6 heteroatoms. The number of carbonyl (C=O) groups is 2. The number of hydrogen-bond acceptors (Lipinski definition) is 6. The second-order valence-electron chi connectivity index (χ2n) is 4.03. The lowest BCUT2D eigenvalue weighted by molar-refractivity contribution is -0.137. The maximum atomic E-state index is 11.8. The lowest BCUT2D eigenvalue weighted by Gasteiger charge is -2.09. The predicted molar refractivity (Wildman–Crippen MR) is 75.9 cm³/mol. The van der Waals surface area contributed by atoms with E-state index in [4.69, 9.17) is 20.9 Å². The van der Waals surface area contributed by atoms with Crippen molar-refractivity contribution >= 4 is 23.3 Å². The zero-order chi connectivity index (χ0) is 15.0. The van der Waals surface area contributed by atoms with Crippen molar-refractivity contribution in [2.24, 2.45) is 0 Å². The molecule has 20 heavy (non-hydrogen) atoms. The fourth-order valence-electron chi connectivity index (χ4n) is 1.50. The van der Waals surface area contributed by atoms with Gasteiger partial charge >= 0.3 is 11.9 Å². The summed E-state index contributed by atoms with van der Waals surface area (Å²) in [6.45, 7) is 3.75. The number of nitrogens with two attached hydrogens (primary N) is 2. The Morgan fingerprint density at radius 2 is 1.65 bits per heavy atom. The molecule has 0 fully saturated rings. The summed E-state index contributed by atoms with van der Waals surface area (Å²) in [6.07, 6.45) is 2.26. The van der Waals surface area contributed by atoms with Crippen LogP contribution in [0.5, 0.6) is 0 Å². The smallest absolute Gasteiger partial charge is 0.342 e. The van der Waals surface area contributed by atoms with Crippen molar-refractivity contribution in [3.05, 3.63) is 36.4 Å². The number of nitrogen functional groups attached to an aromatic ring is 2. The number of carbonyl (C=O) groups excluding carboxylic acids is 2. The van der Waals surface area contributed by atoms with Gasteiger partial charge in [-0.05, 0) is 25.0 Å². The highest BCUT2D eigenvalue weighted by Gasteiger charge is 2.14. The summed E-state index contributed by atoms with van der Waals surface area (Å²) in [5.41, 5.74) is 12.1. The lowest BCUT2D eigenvalue weighted by atomic mass is 10.1. The van der Waals surface area contributed by atoms with E-state index < -0.39 is 11.9 Å². The van der Waals surface area contributed by atoms with E-state index in [9.17, 15) is 9.59 Å². The van der Waals surface area contributed by atoms with E-state index in [2.05, 4.69) is 6.58 Å². The van der Waals surface area contributed by atoms with Gasteiger partial charge in [0, 0.05) is 17.5 Å². The van der Waals surface area contributed by atoms with Crippen molar-refractivity contribution in [3.8, 4) is 0 Å². The third kappa shape index (κ3) is 4.64. The van der Waals surface area contributed by atoms with Crippen LogP contribution in [-0.4, -0.2) is 25.2 Å². The molecule has 1 aromatic carbocycles. The van der Waals surface area contributed by atoms with E-state index in [1.165, 1.54) is 0 Å². The number of hydrogen-bond donors (Lipinski definition) is 2. The second kappa shape index (κ2) is 7.83. The molecule has 0 aliphatic carbocycles. The minimum Gasteiger partial charge on any atom is -0.463 e. The molecule has 4 N–H and O–H groups in total. The Bertz CT molecular complexity index is 480. The van der Waals surface area contributed by atoms with Gasteiger partial charge in [-0.1, -0.05) is 12.6 Å². The highest BCUT2D eigenvalue weighted by atomic mass is 16.5. The number of esters is 2. The van der Waals surface area contributed by atoms with Crippen LogP contribution in [-0.2, 0) is 14.3 Å². The second-order valence-corrected chi connectivity index (χ2v) is 4.03. The van der Waals surface area contributed by atoms with Gasteiger partial charge in [-0.25, -0.2) is 9.59 Å². The summed E-state index contributed by atoms with van der Waals surface area (Å²) in [5.74, 6) is -1.02. The molecule has 0 unspecified atom stereocenters. The van der Waals surface area contributed by atoms with Gasteiger partial charge in [0.05, 0.1) is 13.2 Å². The summed E-state index contributed by atoms with van der Waals surface area (Å²) in [7, 11) is 0. The van der Waals surface area contributed by atoms with Gasteiger partial charge < -0.3 is 20.9 Å². The first kappa shape index (κ1) is 15.6. The summed E-state index contributed by atoms with van der Waals surface area (Å²) < 4.78 is 9.85. The fraction of sp³-hybridized carbons (Fsp3) is 0.286. The van der Waals surface area contributed by atoms with Crippen LogP contribution in [0.2, 0.25) is 0 Å². The number of anilines is 2. The fourth-order valence-corrected chi connectivity index (χ4v) is 1.50. The average Bonchev–Trinajstić information content (AvgIpc) is 2.42. The first-order valence-corrected chi connectivity index (χ1v) is 6.16. The maximum absolute atomic E-state index is 11.8. The van der Waals surface area contributed by atoms with Gasteiger partial charge in [0.25, 0.3) is 0 Å². The third-order valence-electron chi connectivity index (χ3n) is 2.52. The number of benzene rings is 1. The van der Waals surface area contributed by atoms with Crippen molar-refractivity contribution < 1.29 is 19.1 Å². The Labute approximate surface area is 117 Å². The normalized spacial score (nSPS) is 9.80. The summed E-state index contributed by atoms with van der Waals surface area (Å²) >= 11 is 0. The summed E-state index contributed by atoms with van der Waals surface area (Å²) in [6, 6.07) is 4.83. The molecule has 0 radical (unpaired) electrons. The van der Waals surface area contributed by atoms with Gasteiger partial charge in [-0.15, -0.1) is 0 Å². The SMILES string of the molecule is C=CC(=O)OCCCCOC(=O)c1c(N)cccc1N. The van der Waals surface area contributed by atoms with Crippen molar-refractivity contribution in [1.29, 1.82) is 0 Å². The first-order valence-electron chi connectivity index (χ1n) is 6.16.